The minimum atomic E-state index is 0.490. The highest BCUT2D eigenvalue weighted by Gasteiger charge is 2.11. The fourth-order valence-electron chi connectivity index (χ4n) is 2.13. The van der Waals surface area contributed by atoms with Crippen molar-refractivity contribution in [2.45, 2.75) is 6.54 Å². The van der Waals surface area contributed by atoms with Crippen molar-refractivity contribution in [3.8, 4) is 5.75 Å². The van der Waals surface area contributed by atoms with Gasteiger partial charge < -0.3 is 15.0 Å². The summed E-state index contributed by atoms with van der Waals surface area (Å²) in [7, 11) is 3.55. The molecule has 0 spiro atoms. The summed E-state index contributed by atoms with van der Waals surface area (Å²) in [6.45, 7) is 0.631. The van der Waals surface area contributed by atoms with Gasteiger partial charge in [-0.05, 0) is 18.2 Å². The van der Waals surface area contributed by atoms with Crippen molar-refractivity contribution < 1.29 is 4.74 Å². The van der Waals surface area contributed by atoms with Gasteiger partial charge in [0.15, 0.2) is 0 Å². The smallest absolute Gasteiger partial charge is 0.201 e. The topological polar surface area (TPSA) is 70.9 Å². The summed E-state index contributed by atoms with van der Waals surface area (Å²) in [5, 5.41) is 4.16. The lowest BCUT2D eigenvalue weighted by Crippen LogP contribution is -2.08. The van der Waals surface area contributed by atoms with E-state index in [2.05, 4.69) is 10.1 Å². The molecule has 0 bridgehead atoms. The van der Waals surface area contributed by atoms with Crippen LogP contribution in [-0.2, 0) is 13.6 Å². The molecule has 3 aromatic rings. The standard InChI is InChI=1S/C13H15N5O/c1-17-9(5-6-15-17)8-18-12-7-10(19-2)3-4-11(12)16-13(18)14/h3-7H,8H2,1-2H3,(H2,14,16). The van der Waals surface area contributed by atoms with Gasteiger partial charge in [-0.1, -0.05) is 0 Å². The molecule has 2 aromatic heterocycles. The van der Waals surface area contributed by atoms with Crippen LogP contribution in [0, 0.1) is 0 Å². The molecule has 0 aliphatic heterocycles. The lowest BCUT2D eigenvalue weighted by atomic mass is 10.3. The molecule has 1 aromatic carbocycles. The van der Waals surface area contributed by atoms with Gasteiger partial charge in [0.2, 0.25) is 5.95 Å². The van der Waals surface area contributed by atoms with Crippen molar-refractivity contribution in [1.82, 2.24) is 19.3 Å². The van der Waals surface area contributed by atoms with Crippen molar-refractivity contribution in [1.29, 1.82) is 0 Å². The van der Waals surface area contributed by atoms with Crippen LogP contribution in [0.5, 0.6) is 5.75 Å². The van der Waals surface area contributed by atoms with E-state index in [0.29, 0.717) is 12.5 Å². The Morgan fingerprint density at radius 1 is 1.32 bits per heavy atom. The number of nitrogens with zero attached hydrogens (tertiary/aromatic N) is 4. The van der Waals surface area contributed by atoms with E-state index < -0.39 is 0 Å². The molecule has 2 N–H and O–H groups in total. The monoisotopic (exact) mass is 257 g/mol. The Morgan fingerprint density at radius 3 is 2.84 bits per heavy atom. The summed E-state index contributed by atoms with van der Waals surface area (Å²) in [6, 6.07) is 7.69. The zero-order valence-corrected chi connectivity index (χ0v) is 10.9. The van der Waals surface area contributed by atoms with E-state index in [4.69, 9.17) is 10.5 Å². The van der Waals surface area contributed by atoms with Crippen LogP contribution in [0.25, 0.3) is 11.0 Å². The fraction of sp³-hybridized carbons (Fsp3) is 0.231. The van der Waals surface area contributed by atoms with Crippen molar-refractivity contribution in [3.63, 3.8) is 0 Å². The molecule has 0 aliphatic rings. The molecule has 6 heteroatoms. The molecule has 0 saturated carbocycles. The van der Waals surface area contributed by atoms with Crippen molar-refractivity contribution in [3.05, 3.63) is 36.2 Å². The lowest BCUT2D eigenvalue weighted by molar-refractivity contribution is 0.415. The maximum atomic E-state index is 5.99. The second-order valence-corrected chi connectivity index (χ2v) is 4.36. The molecular formula is C13H15N5O. The van der Waals surface area contributed by atoms with E-state index in [1.54, 1.807) is 13.3 Å². The summed E-state index contributed by atoms with van der Waals surface area (Å²) in [5.74, 6) is 1.28. The molecule has 0 atom stereocenters. The van der Waals surface area contributed by atoms with E-state index in [-0.39, 0.29) is 0 Å². The third-order valence-corrected chi connectivity index (χ3v) is 3.23. The summed E-state index contributed by atoms with van der Waals surface area (Å²) in [6.07, 6.45) is 1.77. The number of hydrogen-bond acceptors (Lipinski definition) is 4. The Labute approximate surface area is 110 Å². The molecule has 0 aliphatic carbocycles. The minimum Gasteiger partial charge on any atom is -0.497 e. The van der Waals surface area contributed by atoms with Gasteiger partial charge in [-0.3, -0.25) is 4.68 Å². The Bertz CT molecular complexity index is 728. The Hall–Kier alpha value is -2.50. The normalized spacial score (nSPS) is 11.1. The highest BCUT2D eigenvalue weighted by Crippen LogP contribution is 2.23. The number of imidazole rings is 1. The average Bonchev–Trinajstić information content (AvgIpc) is 2.94. The van der Waals surface area contributed by atoms with Crippen LogP contribution in [0.4, 0.5) is 5.95 Å². The number of anilines is 1. The zero-order chi connectivity index (χ0) is 13.4. The molecular weight excluding hydrogens is 242 g/mol. The first-order valence-electron chi connectivity index (χ1n) is 5.95. The first-order valence-corrected chi connectivity index (χ1v) is 5.95. The molecule has 0 unspecified atom stereocenters. The number of hydrogen-bond donors (Lipinski definition) is 1. The SMILES string of the molecule is COc1ccc2nc(N)n(Cc3ccnn3C)c2c1. The number of rotatable bonds is 3. The minimum absolute atomic E-state index is 0.490. The number of aryl methyl sites for hydroxylation is 1. The van der Waals surface area contributed by atoms with Crippen molar-refractivity contribution in [2.24, 2.45) is 7.05 Å². The van der Waals surface area contributed by atoms with E-state index >= 15 is 0 Å². The van der Waals surface area contributed by atoms with Crippen LogP contribution in [-0.4, -0.2) is 26.4 Å². The molecule has 0 saturated heterocycles. The summed E-state index contributed by atoms with van der Waals surface area (Å²) < 4.78 is 9.02. The maximum Gasteiger partial charge on any atom is 0.201 e. The third-order valence-electron chi connectivity index (χ3n) is 3.23. The zero-order valence-electron chi connectivity index (χ0n) is 10.9. The van der Waals surface area contributed by atoms with Gasteiger partial charge in [0, 0.05) is 19.3 Å². The molecule has 0 amide bonds. The predicted molar refractivity (Wildman–Crippen MR) is 73.0 cm³/mol. The van der Waals surface area contributed by atoms with Gasteiger partial charge in [-0.2, -0.15) is 5.10 Å². The average molecular weight is 257 g/mol. The quantitative estimate of drug-likeness (QED) is 0.770. The van der Waals surface area contributed by atoms with Gasteiger partial charge >= 0.3 is 0 Å². The Morgan fingerprint density at radius 2 is 2.16 bits per heavy atom. The van der Waals surface area contributed by atoms with Gasteiger partial charge in [-0.15, -0.1) is 0 Å². The van der Waals surface area contributed by atoms with Crippen molar-refractivity contribution >= 4 is 17.0 Å². The highest BCUT2D eigenvalue weighted by molar-refractivity contribution is 5.80. The molecule has 3 rings (SSSR count). The molecule has 0 fully saturated rings. The second kappa shape index (κ2) is 4.31. The van der Waals surface area contributed by atoms with E-state index in [1.165, 1.54) is 0 Å². The maximum absolute atomic E-state index is 5.99. The van der Waals surface area contributed by atoms with Crippen LogP contribution in [0.3, 0.4) is 0 Å². The van der Waals surface area contributed by atoms with E-state index in [9.17, 15) is 0 Å². The number of aromatic nitrogens is 4. The summed E-state index contributed by atoms with van der Waals surface area (Å²) >= 11 is 0. The van der Waals surface area contributed by atoms with Gasteiger partial charge in [-0.25, -0.2) is 4.98 Å². The molecule has 0 radical (unpaired) electrons. The van der Waals surface area contributed by atoms with Gasteiger partial charge in [0.05, 0.1) is 30.4 Å². The largest absolute Gasteiger partial charge is 0.497 e. The molecule has 98 valence electrons. The third kappa shape index (κ3) is 1.91. The highest BCUT2D eigenvalue weighted by atomic mass is 16.5. The van der Waals surface area contributed by atoms with Crippen LogP contribution in [0.2, 0.25) is 0 Å². The first-order chi connectivity index (χ1) is 9.19. The fourth-order valence-corrected chi connectivity index (χ4v) is 2.13. The predicted octanol–water partition coefficient (Wildman–Crippen LogP) is 1.41. The number of fused-ring (bicyclic) bond motifs is 1. The van der Waals surface area contributed by atoms with Gasteiger partial charge in [0.1, 0.15) is 5.75 Å². The molecule has 2 heterocycles. The van der Waals surface area contributed by atoms with E-state index in [1.807, 2.05) is 40.6 Å². The van der Waals surface area contributed by atoms with Crippen LogP contribution < -0.4 is 10.5 Å². The number of ether oxygens (including phenoxy) is 1. The molecule has 19 heavy (non-hydrogen) atoms. The number of benzene rings is 1. The number of nitrogens with two attached hydrogens (primary N) is 1. The second-order valence-electron chi connectivity index (χ2n) is 4.36. The Balaban J connectivity index is 2.11. The van der Waals surface area contributed by atoms with Crippen molar-refractivity contribution in [2.75, 3.05) is 12.8 Å². The lowest BCUT2D eigenvalue weighted by Gasteiger charge is -2.07. The summed E-state index contributed by atoms with van der Waals surface area (Å²) in [4.78, 5) is 4.35. The van der Waals surface area contributed by atoms with Gasteiger partial charge in [0.25, 0.3) is 0 Å². The van der Waals surface area contributed by atoms with E-state index in [0.717, 1.165) is 22.5 Å². The molecule has 6 nitrogen and oxygen atoms in total. The van der Waals surface area contributed by atoms with Crippen LogP contribution >= 0.6 is 0 Å². The first kappa shape index (κ1) is 11.6. The number of nitrogen functional groups attached to an aromatic ring is 1. The number of methoxy groups -OCH3 is 1. The summed E-state index contributed by atoms with van der Waals surface area (Å²) in [5.41, 5.74) is 8.87. The van der Waals surface area contributed by atoms with Crippen LogP contribution in [0.1, 0.15) is 5.69 Å². The Kier molecular flexibility index (Phi) is 2.63. The van der Waals surface area contributed by atoms with Crippen LogP contribution in [0.15, 0.2) is 30.5 Å².